The molecule has 1 aliphatic heterocycles. The van der Waals surface area contributed by atoms with Crippen LogP contribution in [0.15, 0.2) is 18.2 Å². The molecule has 8 heteroatoms. The van der Waals surface area contributed by atoms with Crippen LogP contribution in [0, 0.1) is 15.9 Å². The number of hydrogen-bond donors (Lipinski definition) is 1. The van der Waals surface area contributed by atoms with E-state index in [-0.39, 0.29) is 13.2 Å². The van der Waals surface area contributed by atoms with Gasteiger partial charge in [-0.25, -0.2) is 4.79 Å². The first-order valence-corrected chi connectivity index (χ1v) is 5.97. The molecule has 1 aliphatic rings. The molecule has 1 fully saturated rings. The zero-order valence-corrected chi connectivity index (χ0v) is 10.5. The van der Waals surface area contributed by atoms with Crippen LogP contribution >= 0.6 is 0 Å². The summed E-state index contributed by atoms with van der Waals surface area (Å²) in [5.74, 6) is -1.93. The normalized spacial score (nSPS) is 19.8. The van der Waals surface area contributed by atoms with Crippen molar-refractivity contribution in [3.63, 3.8) is 0 Å². The maximum absolute atomic E-state index is 13.5. The maximum Gasteiger partial charge on any atom is 0.334 e. The predicted molar refractivity (Wildman–Crippen MR) is 65.7 cm³/mol. The van der Waals surface area contributed by atoms with Crippen molar-refractivity contribution in [3.8, 4) is 0 Å². The highest BCUT2D eigenvalue weighted by molar-refractivity contribution is 5.72. The summed E-state index contributed by atoms with van der Waals surface area (Å²) >= 11 is 0. The lowest BCUT2D eigenvalue weighted by atomic mass is 10.1. The minimum atomic E-state index is -1.04. The van der Waals surface area contributed by atoms with Gasteiger partial charge in [0.2, 0.25) is 5.82 Å². The number of carboxylic acids is 1. The molecular weight excluding hydrogens is 271 g/mol. The van der Waals surface area contributed by atoms with E-state index in [0.29, 0.717) is 18.7 Å². The van der Waals surface area contributed by atoms with E-state index >= 15 is 0 Å². The highest BCUT2D eigenvalue weighted by atomic mass is 19.1. The van der Waals surface area contributed by atoms with Crippen molar-refractivity contribution in [1.29, 1.82) is 0 Å². The summed E-state index contributed by atoms with van der Waals surface area (Å²) in [6, 6.07) is 3.68. The summed E-state index contributed by atoms with van der Waals surface area (Å²) < 4.78 is 18.6. The number of carboxylic acid groups (broad SMARTS) is 1. The van der Waals surface area contributed by atoms with Crippen LogP contribution in [0.5, 0.6) is 0 Å². The van der Waals surface area contributed by atoms with Gasteiger partial charge in [-0.1, -0.05) is 6.07 Å². The fourth-order valence-corrected chi connectivity index (χ4v) is 2.05. The largest absolute Gasteiger partial charge is 0.479 e. The third-order valence-electron chi connectivity index (χ3n) is 3.04. The Morgan fingerprint density at radius 3 is 2.95 bits per heavy atom. The molecule has 0 amide bonds. The molecule has 1 unspecified atom stereocenters. The number of ether oxygens (including phenoxy) is 1. The van der Waals surface area contributed by atoms with Crippen molar-refractivity contribution in [3.05, 3.63) is 39.7 Å². The molecule has 0 radical (unpaired) electrons. The van der Waals surface area contributed by atoms with E-state index in [4.69, 9.17) is 9.84 Å². The van der Waals surface area contributed by atoms with Gasteiger partial charge in [0.05, 0.1) is 11.5 Å². The van der Waals surface area contributed by atoms with E-state index in [2.05, 4.69) is 0 Å². The Labute approximate surface area is 113 Å². The van der Waals surface area contributed by atoms with Crippen molar-refractivity contribution < 1.29 is 24.0 Å². The SMILES string of the molecule is O=C(O)C1CN(Cc2ccc([N+](=O)[O-])c(F)c2)CCO1. The molecule has 1 heterocycles. The van der Waals surface area contributed by atoms with Gasteiger partial charge in [-0.05, 0) is 11.6 Å². The number of hydrogen-bond acceptors (Lipinski definition) is 5. The topological polar surface area (TPSA) is 92.9 Å². The highest BCUT2D eigenvalue weighted by Gasteiger charge is 2.26. The minimum Gasteiger partial charge on any atom is -0.479 e. The number of nitro benzene ring substituents is 1. The lowest BCUT2D eigenvalue weighted by molar-refractivity contribution is -0.387. The molecule has 108 valence electrons. The molecule has 1 aromatic carbocycles. The third kappa shape index (κ3) is 3.28. The summed E-state index contributed by atoms with van der Waals surface area (Å²) in [6.45, 7) is 1.34. The monoisotopic (exact) mass is 284 g/mol. The van der Waals surface area contributed by atoms with Gasteiger partial charge in [0.25, 0.3) is 0 Å². The lowest BCUT2D eigenvalue weighted by Gasteiger charge is -2.30. The molecule has 0 spiro atoms. The number of rotatable bonds is 4. The molecule has 2 rings (SSSR count). The van der Waals surface area contributed by atoms with Gasteiger partial charge in [0.15, 0.2) is 6.10 Å². The van der Waals surface area contributed by atoms with E-state index in [1.165, 1.54) is 6.07 Å². The van der Waals surface area contributed by atoms with Gasteiger partial charge < -0.3 is 9.84 Å². The van der Waals surface area contributed by atoms with Gasteiger partial charge in [-0.15, -0.1) is 0 Å². The van der Waals surface area contributed by atoms with E-state index in [1.807, 2.05) is 4.90 Å². The number of carbonyl (C=O) groups is 1. The Balaban J connectivity index is 2.04. The van der Waals surface area contributed by atoms with Crippen molar-refractivity contribution in [2.75, 3.05) is 19.7 Å². The van der Waals surface area contributed by atoms with Crippen LogP contribution in [0.4, 0.5) is 10.1 Å². The van der Waals surface area contributed by atoms with E-state index in [9.17, 15) is 19.3 Å². The molecule has 1 aromatic rings. The van der Waals surface area contributed by atoms with Crippen LogP contribution < -0.4 is 0 Å². The number of aliphatic carboxylic acids is 1. The quantitative estimate of drug-likeness (QED) is 0.655. The fourth-order valence-electron chi connectivity index (χ4n) is 2.05. The first-order chi connectivity index (χ1) is 9.47. The summed E-state index contributed by atoms with van der Waals surface area (Å²) in [6.07, 6.45) is -0.897. The van der Waals surface area contributed by atoms with Crippen LogP contribution in [-0.2, 0) is 16.1 Å². The van der Waals surface area contributed by atoms with Gasteiger partial charge in [-0.3, -0.25) is 15.0 Å². The van der Waals surface area contributed by atoms with Crippen LogP contribution in [0.2, 0.25) is 0 Å². The fraction of sp³-hybridized carbons (Fsp3) is 0.417. The van der Waals surface area contributed by atoms with Gasteiger partial charge in [0.1, 0.15) is 0 Å². The molecular formula is C12H13FN2O5. The van der Waals surface area contributed by atoms with Crippen molar-refractivity contribution >= 4 is 11.7 Å². The second-order valence-corrected chi connectivity index (χ2v) is 4.48. The Morgan fingerprint density at radius 1 is 1.60 bits per heavy atom. The first kappa shape index (κ1) is 14.4. The van der Waals surface area contributed by atoms with Gasteiger partial charge in [0, 0.05) is 25.7 Å². The standard InChI is InChI=1S/C12H13FN2O5/c13-9-5-8(1-2-10(9)15(18)19)6-14-3-4-20-11(7-14)12(16)17/h1-2,5,11H,3-4,6-7H2,(H,16,17). The van der Waals surface area contributed by atoms with Gasteiger partial charge in [-0.2, -0.15) is 4.39 Å². The molecule has 1 N–H and O–H groups in total. The van der Waals surface area contributed by atoms with Crippen molar-refractivity contribution in [1.82, 2.24) is 4.90 Å². The molecule has 0 bridgehead atoms. The molecule has 0 aliphatic carbocycles. The molecule has 0 aromatic heterocycles. The smallest absolute Gasteiger partial charge is 0.334 e. The van der Waals surface area contributed by atoms with Crippen molar-refractivity contribution in [2.24, 2.45) is 0 Å². The molecule has 7 nitrogen and oxygen atoms in total. The van der Waals surface area contributed by atoms with Crippen molar-refractivity contribution in [2.45, 2.75) is 12.6 Å². The number of morpholine rings is 1. The zero-order valence-electron chi connectivity index (χ0n) is 10.5. The predicted octanol–water partition coefficient (Wildman–Crippen LogP) is 1.02. The number of halogens is 1. The number of nitrogens with zero attached hydrogens (tertiary/aromatic N) is 2. The summed E-state index contributed by atoms with van der Waals surface area (Å²) in [5.41, 5.74) is -0.0155. The molecule has 1 saturated heterocycles. The Bertz CT molecular complexity index is 537. The molecule has 0 saturated carbocycles. The molecule has 20 heavy (non-hydrogen) atoms. The third-order valence-corrected chi connectivity index (χ3v) is 3.04. The first-order valence-electron chi connectivity index (χ1n) is 5.97. The minimum absolute atomic E-state index is 0.202. The second-order valence-electron chi connectivity index (χ2n) is 4.48. The summed E-state index contributed by atoms with van der Waals surface area (Å²) in [5, 5.41) is 19.4. The average Bonchev–Trinajstić information content (AvgIpc) is 2.38. The van der Waals surface area contributed by atoms with E-state index in [1.54, 1.807) is 0 Å². The number of nitro groups is 1. The van der Waals surface area contributed by atoms with Gasteiger partial charge >= 0.3 is 11.7 Å². The Kier molecular flexibility index (Phi) is 4.26. The molecule has 1 atom stereocenters. The van der Waals surface area contributed by atoms with Crippen LogP contribution in [0.1, 0.15) is 5.56 Å². The Hall–Kier alpha value is -2.06. The van der Waals surface area contributed by atoms with Crippen LogP contribution in [0.25, 0.3) is 0 Å². The van der Waals surface area contributed by atoms with Crippen LogP contribution in [-0.4, -0.2) is 46.7 Å². The summed E-state index contributed by atoms with van der Waals surface area (Å²) in [4.78, 5) is 22.4. The Morgan fingerprint density at radius 2 is 2.35 bits per heavy atom. The lowest BCUT2D eigenvalue weighted by Crippen LogP contribution is -2.45. The van der Waals surface area contributed by atoms with E-state index < -0.39 is 28.5 Å². The zero-order chi connectivity index (χ0) is 14.7. The number of benzene rings is 1. The summed E-state index contributed by atoms with van der Waals surface area (Å²) in [7, 11) is 0. The highest BCUT2D eigenvalue weighted by Crippen LogP contribution is 2.19. The second kappa shape index (κ2) is 5.93. The van der Waals surface area contributed by atoms with Crippen LogP contribution in [0.3, 0.4) is 0 Å². The van der Waals surface area contributed by atoms with E-state index in [0.717, 1.165) is 12.1 Å². The average molecular weight is 284 g/mol. The maximum atomic E-state index is 13.5.